The predicted molar refractivity (Wildman–Crippen MR) is 76.7 cm³/mol. The van der Waals surface area contributed by atoms with Crippen molar-refractivity contribution in [1.82, 2.24) is 0 Å². The fourth-order valence-corrected chi connectivity index (χ4v) is 2.53. The molecule has 5 nitrogen and oxygen atoms in total. The number of carbonyl (C=O) groups excluding carboxylic acids is 1. The number of anilines is 1. The van der Waals surface area contributed by atoms with Crippen LogP contribution in [0.15, 0.2) is 24.3 Å². The van der Waals surface area contributed by atoms with Gasteiger partial charge >= 0.3 is 5.97 Å². The SMILES string of the molecule is CCC(C)(N)C(=O)N1CC(CC(=O)O)c2ccccc21. The molecule has 20 heavy (non-hydrogen) atoms. The lowest BCUT2D eigenvalue weighted by Crippen LogP contribution is -2.52. The minimum atomic E-state index is -0.925. The molecular weight excluding hydrogens is 256 g/mol. The van der Waals surface area contributed by atoms with Crippen LogP contribution < -0.4 is 10.6 Å². The monoisotopic (exact) mass is 276 g/mol. The van der Waals surface area contributed by atoms with Crippen molar-refractivity contribution in [2.75, 3.05) is 11.4 Å². The van der Waals surface area contributed by atoms with Gasteiger partial charge in [-0.25, -0.2) is 0 Å². The molecule has 0 aromatic heterocycles. The highest BCUT2D eigenvalue weighted by molar-refractivity contribution is 6.01. The van der Waals surface area contributed by atoms with Gasteiger partial charge in [-0.2, -0.15) is 0 Å². The zero-order valence-electron chi connectivity index (χ0n) is 11.8. The van der Waals surface area contributed by atoms with Crippen molar-refractivity contribution in [2.45, 2.75) is 38.1 Å². The lowest BCUT2D eigenvalue weighted by molar-refractivity contribution is -0.137. The number of rotatable bonds is 4. The van der Waals surface area contributed by atoms with Gasteiger partial charge in [0.05, 0.1) is 12.0 Å². The summed E-state index contributed by atoms with van der Waals surface area (Å²) in [5.41, 5.74) is 6.81. The molecule has 0 saturated carbocycles. The number of carboxylic acid groups (broad SMARTS) is 1. The molecule has 0 saturated heterocycles. The van der Waals surface area contributed by atoms with Gasteiger partial charge in [0, 0.05) is 18.2 Å². The van der Waals surface area contributed by atoms with Crippen molar-refractivity contribution >= 4 is 17.6 Å². The van der Waals surface area contributed by atoms with Crippen molar-refractivity contribution in [1.29, 1.82) is 0 Å². The maximum Gasteiger partial charge on any atom is 0.304 e. The second kappa shape index (κ2) is 5.25. The van der Waals surface area contributed by atoms with E-state index >= 15 is 0 Å². The Morgan fingerprint density at radius 1 is 1.45 bits per heavy atom. The molecule has 1 aromatic rings. The number of benzene rings is 1. The summed E-state index contributed by atoms with van der Waals surface area (Å²) < 4.78 is 0. The topological polar surface area (TPSA) is 83.6 Å². The largest absolute Gasteiger partial charge is 0.481 e. The molecule has 2 unspecified atom stereocenters. The highest BCUT2D eigenvalue weighted by Gasteiger charge is 2.39. The van der Waals surface area contributed by atoms with E-state index in [1.807, 2.05) is 31.2 Å². The van der Waals surface area contributed by atoms with Gasteiger partial charge < -0.3 is 15.7 Å². The van der Waals surface area contributed by atoms with Gasteiger partial charge in [-0.1, -0.05) is 25.1 Å². The van der Waals surface area contributed by atoms with Crippen molar-refractivity contribution in [3.63, 3.8) is 0 Å². The number of hydrogen-bond donors (Lipinski definition) is 2. The Labute approximate surface area is 118 Å². The molecule has 1 heterocycles. The van der Waals surface area contributed by atoms with Crippen LogP contribution in [0.2, 0.25) is 0 Å². The fourth-order valence-electron chi connectivity index (χ4n) is 2.53. The van der Waals surface area contributed by atoms with E-state index in [0.717, 1.165) is 11.3 Å². The van der Waals surface area contributed by atoms with Crippen LogP contribution in [0.1, 0.15) is 38.2 Å². The summed E-state index contributed by atoms with van der Waals surface area (Å²) in [6.07, 6.45) is 0.558. The van der Waals surface area contributed by atoms with Gasteiger partial charge in [0.25, 0.3) is 0 Å². The number of carboxylic acids is 1. The molecule has 1 aliphatic rings. The zero-order chi connectivity index (χ0) is 14.9. The molecule has 3 N–H and O–H groups in total. The zero-order valence-corrected chi connectivity index (χ0v) is 11.8. The molecule has 0 aliphatic carbocycles. The summed E-state index contributed by atoms with van der Waals surface area (Å²) in [5.74, 6) is -1.18. The van der Waals surface area contributed by atoms with Gasteiger partial charge in [-0.15, -0.1) is 0 Å². The van der Waals surface area contributed by atoms with Crippen LogP contribution in [0.5, 0.6) is 0 Å². The minimum absolute atomic E-state index is 0.0220. The summed E-state index contributed by atoms with van der Waals surface area (Å²) in [4.78, 5) is 25.1. The maximum absolute atomic E-state index is 12.5. The number of para-hydroxylation sites is 1. The molecule has 5 heteroatoms. The van der Waals surface area contributed by atoms with E-state index in [2.05, 4.69) is 0 Å². The Balaban J connectivity index is 2.34. The Kier molecular flexibility index (Phi) is 3.81. The summed E-state index contributed by atoms with van der Waals surface area (Å²) >= 11 is 0. The van der Waals surface area contributed by atoms with E-state index in [0.29, 0.717) is 13.0 Å². The lowest BCUT2D eigenvalue weighted by atomic mass is 9.98. The quantitative estimate of drug-likeness (QED) is 0.877. The number of fused-ring (bicyclic) bond motifs is 1. The Hall–Kier alpha value is -1.88. The number of nitrogens with two attached hydrogens (primary N) is 1. The molecule has 2 atom stereocenters. The number of hydrogen-bond acceptors (Lipinski definition) is 3. The van der Waals surface area contributed by atoms with E-state index in [1.165, 1.54) is 0 Å². The van der Waals surface area contributed by atoms with Crippen LogP contribution in [-0.2, 0) is 9.59 Å². The predicted octanol–water partition coefficient (Wildman–Crippen LogP) is 1.72. The van der Waals surface area contributed by atoms with Crippen molar-refractivity contribution in [3.8, 4) is 0 Å². The normalized spacial score (nSPS) is 20.4. The number of carbonyl (C=O) groups is 2. The highest BCUT2D eigenvalue weighted by Crippen LogP contribution is 2.38. The molecular formula is C15H20N2O3. The first kappa shape index (κ1) is 14.5. The second-order valence-corrected chi connectivity index (χ2v) is 5.54. The van der Waals surface area contributed by atoms with Crippen LogP contribution in [-0.4, -0.2) is 29.1 Å². The van der Waals surface area contributed by atoms with Gasteiger partial charge in [-0.05, 0) is 25.0 Å². The Bertz CT molecular complexity index is 540. The van der Waals surface area contributed by atoms with Crippen molar-refractivity contribution in [3.05, 3.63) is 29.8 Å². The number of nitrogens with zero attached hydrogens (tertiary/aromatic N) is 1. The van der Waals surface area contributed by atoms with Crippen LogP contribution >= 0.6 is 0 Å². The third-order valence-electron chi connectivity index (χ3n) is 3.96. The third-order valence-corrected chi connectivity index (χ3v) is 3.96. The van der Waals surface area contributed by atoms with E-state index < -0.39 is 11.5 Å². The lowest BCUT2D eigenvalue weighted by Gasteiger charge is -2.28. The number of aliphatic carboxylic acids is 1. The molecule has 0 radical (unpaired) electrons. The van der Waals surface area contributed by atoms with E-state index in [4.69, 9.17) is 10.8 Å². The molecule has 0 fully saturated rings. The molecule has 1 aliphatic heterocycles. The van der Waals surface area contributed by atoms with Crippen molar-refractivity contribution in [2.24, 2.45) is 5.73 Å². The molecule has 108 valence electrons. The van der Waals surface area contributed by atoms with Crippen LogP contribution in [0.4, 0.5) is 5.69 Å². The van der Waals surface area contributed by atoms with Crippen LogP contribution in [0.25, 0.3) is 0 Å². The Morgan fingerprint density at radius 2 is 2.10 bits per heavy atom. The van der Waals surface area contributed by atoms with Gasteiger partial charge in [0.15, 0.2) is 0 Å². The summed E-state index contributed by atoms with van der Waals surface area (Å²) in [5, 5.41) is 9.00. The first-order valence-electron chi connectivity index (χ1n) is 6.78. The molecule has 1 amide bonds. The average molecular weight is 276 g/mol. The standard InChI is InChI=1S/C15H20N2O3/c1-3-15(2,16)14(20)17-9-10(8-13(18)19)11-6-4-5-7-12(11)17/h4-7,10H,3,8-9,16H2,1-2H3,(H,18,19). The first-order valence-corrected chi connectivity index (χ1v) is 6.78. The van der Waals surface area contributed by atoms with Crippen LogP contribution in [0.3, 0.4) is 0 Å². The number of amides is 1. The Morgan fingerprint density at radius 3 is 2.70 bits per heavy atom. The summed E-state index contributed by atoms with van der Waals surface area (Å²) in [6.45, 7) is 3.97. The molecule has 1 aromatic carbocycles. The first-order chi connectivity index (χ1) is 9.36. The smallest absolute Gasteiger partial charge is 0.304 e. The van der Waals surface area contributed by atoms with Gasteiger partial charge in [0.2, 0.25) is 5.91 Å². The minimum Gasteiger partial charge on any atom is -0.481 e. The third kappa shape index (κ3) is 2.54. The molecule has 0 bridgehead atoms. The average Bonchev–Trinajstić information content (AvgIpc) is 2.76. The molecule has 2 rings (SSSR count). The van der Waals surface area contributed by atoms with Gasteiger partial charge in [0.1, 0.15) is 0 Å². The highest BCUT2D eigenvalue weighted by atomic mass is 16.4. The summed E-state index contributed by atoms with van der Waals surface area (Å²) in [7, 11) is 0. The maximum atomic E-state index is 12.5. The second-order valence-electron chi connectivity index (χ2n) is 5.54. The van der Waals surface area contributed by atoms with E-state index in [-0.39, 0.29) is 18.2 Å². The van der Waals surface area contributed by atoms with Crippen molar-refractivity contribution < 1.29 is 14.7 Å². The summed E-state index contributed by atoms with van der Waals surface area (Å²) in [6, 6.07) is 7.45. The van der Waals surface area contributed by atoms with Gasteiger partial charge in [-0.3, -0.25) is 9.59 Å². The van der Waals surface area contributed by atoms with E-state index in [9.17, 15) is 9.59 Å². The van der Waals surface area contributed by atoms with E-state index in [1.54, 1.807) is 11.8 Å². The molecule has 0 spiro atoms. The fraction of sp³-hybridized carbons (Fsp3) is 0.467. The van der Waals surface area contributed by atoms with Crippen LogP contribution in [0, 0.1) is 0 Å².